The van der Waals surface area contributed by atoms with Gasteiger partial charge < -0.3 is 9.47 Å². The van der Waals surface area contributed by atoms with E-state index in [0.717, 1.165) is 12.8 Å². The molecule has 0 bridgehead atoms. The van der Waals surface area contributed by atoms with E-state index < -0.39 is 12.1 Å². The van der Waals surface area contributed by atoms with E-state index in [-0.39, 0.29) is 5.97 Å². The fraction of sp³-hybridized carbons (Fsp3) is 0.778. The maximum atomic E-state index is 11.1. The summed E-state index contributed by atoms with van der Waals surface area (Å²) in [5.74, 6) is -0.712. The van der Waals surface area contributed by atoms with Crippen molar-refractivity contribution in [2.75, 3.05) is 6.61 Å². The first-order valence-corrected chi connectivity index (χ1v) is 4.60. The molecule has 1 aliphatic rings. The van der Waals surface area contributed by atoms with Crippen molar-refractivity contribution < 1.29 is 19.1 Å². The zero-order valence-corrected chi connectivity index (χ0v) is 7.75. The lowest BCUT2D eigenvalue weighted by Gasteiger charge is -2.07. The molecule has 4 heteroatoms. The van der Waals surface area contributed by atoms with Crippen molar-refractivity contribution >= 4 is 11.9 Å². The highest BCUT2D eigenvalue weighted by atomic mass is 16.6. The standard InChI is InChI=1S/C9H14O4/c1-2-3-4-8(10)13-7-5-6-12-9(7)11/h7H,2-6H2,1H3. The number of hydrogen-bond acceptors (Lipinski definition) is 4. The Morgan fingerprint density at radius 1 is 1.69 bits per heavy atom. The smallest absolute Gasteiger partial charge is 0.347 e. The molecule has 1 rings (SSSR count). The fourth-order valence-corrected chi connectivity index (χ4v) is 1.12. The number of carbonyl (C=O) groups is 2. The van der Waals surface area contributed by atoms with Crippen molar-refractivity contribution in [2.45, 2.75) is 38.7 Å². The van der Waals surface area contributed by atoms with Crippen molar-refractivity contribution in [2.24, 2.45) is 0 Å². The molecular formula is C9H14O4. The van der Waals surface area contributed by atoms with Gasteiger partial charge in [-0.15, -0.1) is 0 Å². The Kier molecular flexibility index (Phi) is 3.73. The highest BCUT2D eigenvalue weighted by Gasteiger charge is 2.29. The Bertz CT molecular complexity index is 200. The van der Waals surface area contributed by atoms with E-state index in [1.807, 2.05) is 6.92 Å². The molecule has 1 unspecified atom stereocenters. The van der Waals surface area contributed by atoms with Gasteiger partial charge in [-0.2, -0.15) is 0 Å². The molecule has 0 saturated carbocycles. The number of hydrogen-bond donors (Lipinski definition) is 0. The molecule has 1 saturated heterocycles. The van der Waals surface area contributed by atoms with E-state index in [0.29, 0.717) is 19.4 Å². The molecule has 0 amide bonds. The first-order valence-electron chi connectivity index (χ1n) is 4.60. The van der Waals surface area contributed by atoms with Gasteiger partial charge in [0.15, 0.2) is 0 Å². The molecule has 0 radical (unpaired) electrons. The minimum atomic E-state index is -0.649. The summed E-state index contributed by atoms with van der Waals surface area (Å²) in [5.41, 5.74) is 0. The third-order valence-electron chi connectivity index (χ3n) is 1.90. The predicted molar refractivity (Wildman–Crippen MR) is 45.0 cm³/mol. The Labute approximate surface area is 77.2 Å². The molecule has 0 aromatic heterocycles. The molecule has 1 fully saturated rings. The van der Waals surface area contributed by atoms with Gasteiger partial charge in [-0.3, -0.25) is 4.79 Å². The van der Waals surface area contributed by atoms with Gasteiger partial charge in [-0.1, -0.05) is 13.3 Å². The van der Waals surface area contributed by atoms with Gasteiger partial charge in [-0.25, -0.2) is 4.79 Å². The van der Waals surface area contributed by atoms with Crippen molar-refractivity contribution in [3.05, 3.63) is 0 Å². The number of cyclic esters (lactones) is 1. The summed E-state index contributed by atoms with van der Waals surface area (Å²) in [6.07, 6.45) is 1.99. The van der Waals surface area contributed by atoms with Crippen LogP contribution in [0.15, 0.2) is 0 Å². The van der Waals surface area contributed by atoms with Gasteiger partial charge in [0, 0.05) is 12.8 Å². The van der Waals surface area contributed by atoms with Gasteiger partial charge in [-0.05, 0) is 6.42 Å². The average molecular weight is 186 g/mol. The minimum Gasteiger partial charge on any atom is -0.463 e. The predicted octanol–water partition coefficient (Wildman–Crippen LogP) is 1.04. The lowest BCUT2D eigenvalue weighted by atomic mass is 10.2. The molecule has 0 N–H and O–H groups in total. The molecule has 0 aromatic carbocycles. The summed E-state index contributed by atoms with van der Waals surface area (Å²) >= 11 is 0. The molecule has 1 heterocycles. The third-order valence-corrected chi connectivity index (χ3v) is 1.90. The van der Waals surface area contributed by atoms with E-state index in [2.05, 4.69) is 4.74 Å². The Morgan fingerprint density at radius 3 is 3.00 bits per heavy atom. The summed E-state index contributed by atoms with van der Waals surface area (Å²) in [4.78, 5) is 22.0. The van der Waals surface area contributed by atoms with Crippen LogP contribution >= 0.6 is 0 Å². The molecule has 0 aliphatic carbocycles. The molecular weight excluding hydrogens is 172 g/mol. The van der Waals surface area contributed by atoms with Crippen molar-refractivity contribution in [3.8, 4) is 0 Å². The van der Waals surface area contributed by atoms with Gasteiger partial charge >= 0.3 is 11.9 Å². The van der Waals surface area contributed by atoms with Crippen LogP contribution < -0.4 is 0 Å². The second-order valence-electron chi connectivity index (χ2n) is 3.04. The quantitative estimate of drug-likeness (QED) is 0.615. The number of rotatable bonds is 4. The van der Waals surface area contributed by atoms with Crippen molar-refractivity contribution in [3.63, 3.8) is 0 Å². The van der Waals surface area contributed by atoms with Crippen LogP contribution in [-0.4, -0.2) is 24.6 Å². The van der Waals surface area contributed by atoms with Crippen LogP contribution in [0.2, 0.25) is 0 Å². The first-order chi connectivity index (χ1) is 6.24. The van der Waals surface area contributed by atoms with Crippen molar-refractivity contribution in [1.82, 2.24) is 0 Å². The molecule has 0 spiro atoms. The Morgan fingerprint density at radius 2 is 2.46 bits per heavy atom. The van der Waals surface area contributed by atoms with Crippen LogP contribution in [0.3, 0.4) is 0 Å². The maximum Gasteiger partial charge on any atom is 0.347 e. The summed E-state index contributed by atoms with van der Waals surface area (Å²) < 4.78 is 9.57. The molecule has 13 heavy (non-hydrogen) atoms. The van der Waals surface area contributed by atoms with E-state index in [4.69, 9.17) is 4.74 Å². The second-order valence-corrected chi connectivity index (χ2v) is 3.04. The monoisotopic (exact) mass is 186 g/mol. The molecule has 1 aliphatic heterocycles. The van der Waals surface area contributed by atoms with Crippen LogP contribution in [0.1, 0.15) is 32.6 Å². The number of carbonyl (C=O) groups excluding carboxylic acids is 2. The number of ether oxygens (including phenoxy) is 2. The minimum absolute atomic E-state index is 0.300. The van der Waals surface area contributed by atoms with Crippen LogP contribution in [0.4, 0.5) is 0 Å². The van der Waals surface area contributed by atoms with Gasteiger partial charge in [0.1, 0.15) is 0 Å². The highest BCUT2D eigenvalue weighted by molar-refractivity contribution is 5.80. The lowest BCUT2D eigenvalue weighted by Crippen LogP contribution is -2.22. The average Bonchev–Trinajstić information content (AvgIpc) is 2.48. The normalized spacial score (nSPS) is 21.3. The fourth-order valence-electron chi connectivity index (χ4n) is 1.12. The zero-order chi connectivity index (χ0) is 9.68. The maximum absolute atomic E-state index is 11.1. The van der Waals surface area contributed by atoms with E-state index >= 15 is 0 Å². The molecule has 1 atom stereocenters. The Hall–Kier alpha value is -1.06. The van der Waals surface area contributed by atoms with Gasteiger partial charge in [0.25, 0.3) is 0 Å². The van der Waals surface area contributed by atoms with Crippen molar-refractivity contribution in [1.29, 1.82) is 0 Å². The van der Waals surface area contributed by atoms with E-state index in [1.165, 1.54) is 0 Å². The van der Waals surface area contributed by atoms with Gasteiger partial charge in [0.2, 0.25) is 6.10 Å². The SMILES string of the molecule is CCCCC(=O)OC1CCOC1=O. The summed E-state index contributed by atoms with van der Waals surface area (Å²) in [6, 6.07) is 0. The lowest BCUT2D eigenvalue weighted by molar-refractivity contribution is -0.160. The van der Waals surface area contributed by atoms with E-state index in [1.54, 1.807) is 0 Å². The van der Waals surface area contributed by atoms with E-state index in [9.17, 15) is 9.59 Å². The topological polar surface area (TPSA) is 52.6 Å². The molecule has 4 nitrogen and oxygen atoms in total. The Balaban J connectivity index is 2.23. The highest BCUT2D eigenvalue weighted by Crippen LogP contribution is 2.11. The second kappa shape index (κ2) is 4.84. The largest absolute Gasteiger partial charge is 0.463 e. The van der Waals surface area contributed by atoms with Crippen LogP contribution in [0.5, 0.6) is 0 Å². The summed E-state index contributed by atoms with van der Waals surface area (Å²) in [6.45, 7) is 2.36. The van der Waals surface area contributed by atoms with Crippen LogP contribution in [0, 0.1) is 0 Å². The molecule has 0 aromatic rings. The van der Waals surface area contributed by atoms with Crippen LogP contribution in [-0.2, 0) is 19.1 Å². The summed E-state index contributed by atoms with van der Waals surface area (Å²) in [5, 5.41) is 0. The number of esters is 2. The van der Waals surface area contributed by atoms with Crippen LogP contribution in [0.25, 0.3) is 0 Å². The third kappa shape index (κ3) is 3.05. The number of unbranched alkanes of at least 4 members (excludes halogenated alkanes) is 1. The molecule has 74 valence electrons. The first kappa shape index (κ1) is 10.0. The zero-order valence-electron chi connectivity index (χ0n) is 7.75. The van der Waals surface area contributed by atoms with Gasteiger partial charge in [0.05, 0.1) is 6.61 Å². The summed E-state index contributed by atoms with van der Waals surface area (Å²) in [7, 11) is 0.